The quantitative estimate of drug-likeness (QED) is 0.606. The third kappa shape index (κ3) is 2.36. The minimum absolute atomic E-state index is 0.554. The lowest BCUT2D eigenvalue weighted by atomic mass is 10.3. The molecule has 0 spiro atoms. The van der Waals surface area contributed by atoms with Gasteiger partial charge in [-0.3, -0.25) is 0 Å². The van der Waals surface area contributed by atoms with Crippen LogP contribution in [0.5, 0.6) is 0 Å². The maximum atomic E-state index is 5.23. The molecule has 2 rings (SSSR count). The Hall–Kier alpha value is -1.07. The first-order valence-electron chi connectivity index (χ1n) is 4.96. The molecule has 1 aromatic carbocycles. The van der Waals surface area contributed by atoms with Gasteiger partial charge in [0.1, 0.15) is 0 Å². The minimum Gasteiger partial charge on any atom is -0.479 e. The summed E-state index contributed by atoms with van der Waals surface area (Å²) >= 11 is 6.53. The molecule has 84 valence electrons. The zero-order chi connectivity index (χ0) is 11.5. The van der Waals surface area contributed by atoms with Crippen LogP contribution in [0.1, 0.15) is 6.92 Å². The van der Waals surface area contributed by atoms with Gasteiger partial charge in [0.05, 0.1) is 24.0 Å². The summed E-state index contributed by atoms with van der Waals surface area (Å²) in [7, 11) is 1.98. The average molecular weight is 252 g/mol. The van der Waals surface area contributed by atoms with Crippen LogP contribution in [0.2, 0.25) is 0 Å². The number of fused-ring (bicyclic) bond motifs is 1. The van der Waals surface area contributed by atoms with E-state index in [0.29, 0.717) is 11.0 Å². The molecule has 0 saturated heterocycles. The van der Waals surface area contributed by atoms with Crippen molar-refractivity contribution in [2.24, 2.45) is 7.05 Å². The molecule has 0 aliphatic rings. The molecule has 3 nitrogen and oxygen atoms in total. The van der Waals surface area contributed by atoms with E-state index in [0.717, 1.165) is 15.9 Å². The van der Waals surface area contributed by atoms with Gasteiger partial charge >= 0.3 is 0 Å². The van der Waals surface area contributed by atoms with Gasteiger partial charge < -0.3 is 9.30 Å². The van der Waals surface area contributed by atoms with Gasteiger partial charge in [-0.05, 0) is 49.1 Å². The second-order valence-corrected chi connectivity index (χ2v) is 4.97. The van der Waals surface area contributed by atoms with Crippen molar-refractivity contribution in [2.45, 2.75) is 11.8 Å². The molecule has 0 amide bonds. The smallest absolute Gasteiger partial charge is 0.224 e. The Balaban J connectivity index is 2.23. The zero-order valence-corrected chi connectivity index (χ0v) is 10.8. The Bertz CT molecular complexity index is 522. The fraction of sp³-hybridized carbons (Fsp3) is 0.273. The molecule has 0 atom stereocenters. The summed E-state index contributed by atoms with van der Waals surface area (Å²) in [4.78, 5) is 5.36. The lowest BCUT2D eigenvalue weighted by Gasteiger charge is -2.04. The fourth-order valence-electron chi connectivity index (χ4n) is 1.42. The highest BCUT2D eigenvalue weighted by atomic mass is 32.2. The summed E-state index contributed by atoms with van der Waals surface area (Å²) < 4.78 is 7.78. The normalized spacial score (nSPS) is 10.6. The van der Waals surface area contributed by atoms with E-state index in [1.165, 1.54) is 11.8 Å². The Morgan fingerprint density at radius 2 is 2.38 bits per heavy atom. The molecular formula is C11H12N2OS2. The van der Waals surface area contributed by atoms with E-state index in [1.54, 1.807) is 6.33 Å². The van der Waals surface area contributed by atoms with Gasteiger partial charge in [-0.1, -0.05) is 0 Å². The number of ether oxygens (including phenoxy) is 1. The Morgan fingerprint density at radius 1 is 1.56 bits per heavy atom. The number of aromatic nitrogens is 2. The standard InChI is InChI=1S/C11H12N2OS2/c1-3-14-11(15)16-8-4-5-10-9(6-8)12-7-13(10)2/h4-7H,3H2,1-2H3. The maximum absolute atomic E-state index is 5.23. The number of hydrogen-bond donors (Lipinski definition) is 0. The first-order chi connectivity index (χ1) is 7.70. The van der Waals surface area contributed by atoms with Crippen molar-refractivity contribution in [3.05, 3.63) is 24.5 Å². The van der Waals surface area contributed by atoms with Gasteiger partial charge in [0.2, 0.25) is 4.38 Å². The number of aryl methyl sites for hydroxylation is 1. The number of rotatable bonds is 2. The summed E-state index contributed by atoms with van der Waals surface area (Å²) in [6.45, 7) is 2.53. The fourth-order valence-corrected chi connectivity index (χ4v) is 2.51. The molecule has 0 bridgehead atoms. The monoisotopic (exact) mass is 252 g/mol. The highest BCUT2D eigenvalue weighted by Gasteiger charge is 2.04. The number of thiocarbonyl (C=S) groups is 1. The van der Waals surface area contributed by atoms with Crippen molar-refractivity contribution in [1.82, 2.24) is 9.55 Å². The van der Waals surface area contributed by atoms with Crippen molar-refractivity contribution < 1.29 is 4.74 Å². The predicted octanol–water partition coefficient (Wildman–Crippen LogP) is 2.99. The molecule has 16 heavy (non-hydrogen) atoms. The number of benzene rings is 1. The SMILES string of the molecule is CCOC(=S)Sc1ccc2c(c1)ncn2C. The summed E-state index contributed by atoms with van der Waals surface area (Å²) in [5.74, 6) is 0. The van der Waals surface area contributed by atoms with Crippen LogP contribution in [0.25, 0.3) is 11.0 Å². The van der Waals surface area contributed by atoms with E-state index in [-0.39, 0.29) is 0 Å². The van der Waals surface area contributed by atoms with Gasteiger partial charge in [0, 0.05) is 11.9 Å². The molecule has 1 heterocycles. The van der Waals surface area contributed by atoms with Crippen LogP contribution in [0, 0.1) is 0 Å². The van der Waals surface area contributed by atoms with Gasteiger partial charge in [0.25, 0.3) is 0 Å². The first kappa shape index (κ1) is 11.4. The average Bonchev–Trinajstić information content (AvgIpc) is 2.60. The third-order valence-corrected chi connectivity index (χ3v) is 3.30. The molecule has 0 unspecified atom stereocenters. The van der Waals surface area contributed by atoms with Crippen LogP contribution < -0.4 is 0 Å². The zero-order valence-electron chi connectivity index (χ0n) is 9.14. The van der Waals surface area contributed by atoms with Crippen LogP contribution >= 0.6 is 24.0 Å². The van der Waals surface area contributed by atoms with Crippen molar-refractivity contribution >= 4 is 39.4 Å². The van der Waals surface area contributed by atoms with Crippen molar-refractivity contribution in [1.29, 1.82) is 0 Å². The number of imidazole rings is 1. The molecule has 0 saturated carbocycles. The molecule has 0 N–H and O–H groups in total. The van der Waals surface area contributed by atoms with Gasteiger partial charge in [-0.2, -0.15) is 0 Å². The predicted molar refractivity (Wildman–Crippen MR) is 70.8 cm³/mol. The van der Waals surface area contributed by atoms with Gasteiger partial charge in [0.15, 0.2) is 0 Å². The van der Waals surface area contributed by atoms with Crippen LogP contribution in [0.15, 0.2) is 29.4 Å². The highest BCUT2D eigenvalue weighted by Crippen LogP contribution is 2.24. The van der Waals surface area contributed by atoms with E-state index in [1.807, 2.05) is 36.7 Å². The first-order valence-corrected chi connectivity index (χ1v) is 6.19. The van der Waals surface area contributed by atoms with E-state index in [9.17, 15) is 0 Å². The summed E-state index contributed by atoms with van der Waals surface area (Å²) in [6, 6.07) is 6.09. The van der Waals surface area contributed by atoms with E-state index in [2.05, 4.69) is 4.98 Å². The lowest BCUT2D eigenvalue weighted by Crippen LogP contribution is -1.95. The third-order valence-electron chi connectivity index (χ3n) is 2.16. The molecule has 0 fully saturated rings. The minimum atomic E-state index is 0.554. The van der Waals surface area contributed by atoms with E-state index in [4.69, 9.17) is 17.0 Å². The van der Waals surface area contributed by atoms with E-state index < -0.39 is 0 Å². The molecule has 5 heteroatoms. The number of thioether (sulfide) groups is 1. The molecule has 0 aliphatic carbocycles. The lowest BCUT2D eigenvalue weighted by molar-refractivity contribution is 0.346. The molecule has 2 aromatic rings. The number of hydrogen-bond acceptors (Lipinski definition) is 4. The molecule has 0 radical (unpaired) electrons. The van der Waals surface area contributed by atoms with Crippen LogP contribution in [-0.4, -0.2) is 20.5 Å². The molecule has 1 aromatic heterocycles. The van der Waals surface area contributed by atoms with Crippen molar-refractivity contribution in [3.63, 3.8) is 0 Å². The summed E-state index contributed by atoms with van der Waals surface area (Å²) in [5, 5.41) is 0. The topological polar surface area (TPSA) is 27.1 Å². The molecular weight excluding hydrogens is 240 g/mol. The summed E-state index contributed by atoms with van der Waals surface area (Å²) in [5.41, 5.74) is 2.10. The van der Waals surface area contributed by atoms with Gasteiger partial charge in [-0.25, -0.2) is 4.98 Å². The van der Waals surface area contributed by atoms with Crippen LogP contribution in [0.4, 0.5) is 0 Å². The molecule has 0 aliphatic heterocycles. The second-order valence-electron chi connectivity index (χ2n) is 3.29. The van der Waals surface area contributed by atoms with E-state index >= 15 is 0 Å². The second kappa shape index (κ2) is 4.84. The Labute approximate surface area is 104 Å². The largest absolute Gasteiger partial charge is 0.479 e. The Kier molecular flexibility index (Phi) is 3.46. The Morgan fingerprint density at radius 3 is 3.12 bits per heavy atom. The van der Waals surface area contributed by atoms with Crippen molar-refractivity contribution in [2.75, 3.05) is 6.61 Å². The van der Waals surface area contributed by atoms with Crippen LogP contribution in [-0.2, 0) is 11.8 Å². The number of nitrogens with zero attached hydrogens (tertiary/aromatic N) is 2. The highest BCUT2D eigenvalue weighted by molar-refractivity contribution is 8.22. The summed E-state index contributed by atoms with van der Waals surface area (Å²) in [6.07, 6.45) is 1.81. The van der Waals surface area contributed by atoms with Gasteiger partial charge in [-0.15, -0.1) is 0 Å². The maximum Gasteiger partial charge on any atom is 0.224 e. The van der Waals surface area contributed by atoms with Crippen LogP contribution in [0.3, 0.4) is 0 Å². The van der Waals surface area contributed by atoms with Crippen molar-refractivity contribution in [3.8, 4) is 0 Å².